The van der Waals surface area contributed by atoms with Gasteiger partial charge in [0.1, 0.15) is 11.8 Å². The highest BCUT2D eigenvalue weighted by atomic mass is 16.5. The fraction of sp³-hybridized carbons (Fsp3) is 0.0870. The van der Waals surface area contributed by atoms with Crippen molar-refractivity contribution in [3.05, 3.63) is 96.4 Å². The number of amides is 2. The maximum absolute atomic E-state index is 12.7. The van der Waals surface area contributed by atoms with Crippen molar-refractivity contribution in [2.75, 3.05) is 12.4 Å². The van der Waals surface area contributed by atoms with E-state index < -0.39 is 12.1 Å². The summed E-state index contributed by atoms with van der Waals surface area (Å²) in [6, 6.07) is 25.0. The van der Waals surface area contributed by atoms with Crippen LogP contribution in [0.4, 0.5) is 10.5 Å². The minimum atomic E-state index is -0.609. The molecule has 7 nitrogen and oxygen atoms in total. The van der Waals surface area contributed by atoms with Crippen molar-refractivity contribution in [3.8, 4) is 17.2 Å². The van der Waals surface area contributed by atoms with Crippen molar-refractivity contribution < 1.29 is 13.9 Å². The third kappa shape index (κ3) is 4.47. The summed E-state index contributed by atoms with van der Waals surface area (Å²) < 4.78 is 11.1. The number of hydrogen-bond acceptors (Lipinski definition) is 5. The molecular formula is C23H20N4O3. The van der Waals surface area contributed by atoms with Crippen LogP contribution in [-0.2, 0) is 0 Å². The van der Waals surface area contributed by atoms with Gasteiger partial charge >= 0.3 is 6.03 Å². The molecule has 150 valence electrons. The molecule has 0 aliphatic carbocycles. The van der Waals surface area contributed by atoms with Crippen LogP contribution in [-0.4, -0.2) is 23.3 Å². The molecule has 0 aliphatic heterocycles. The maximum atomic E-state index is 12.7. The van der Waals surface area contributed by atoms with E-state index in [1.54, 1.807) is 31.4 Å². The molecule has 1 atom stereocenters. The molecule has 0 fully saturated rings. The van der Waals surface area contributed by atoms with Crippen LogP contribution < -0.4 is 15.4 Å². The van der Waals surface area contributed by atoms with Crippen LogP contribution in [0.3, 0.4) is 0 Å². The third-order valence-electron chi connectivity index (χ3n) is 4.44. The summed E-state index contributed by atoms with van der Waals surface area (Å²) in [6.45, 7) is 0. The van der Waals surface area contributed by atoms with Crippen molar-refractivity contribution in [1.29, 1.82) is 0 Å². The van der Waals surface area contributed by atoms with E-state index in [2.05, 4.69) is 20.8 Å². The summed E-state index contributed by atoms with van der Waals surface area (Å²) >= 11 is 0. The van der Waals surface area contributed by atoms with Gasteiger partial charge in [0.15, 0.2) is 0 Å². The summed E-state index contributed by atoms with van der Waals surface area (Å²) in [5, 5.41) is 14.0. The van der Waals surface area contributed by atoms with Gasteiger partial charge in [0.25, 0.3) is 0 Å². The maximum Gasteiger partial charge on any atom is 0.320 e. The normalized spacial score (nSPS) is 11.5. The van der Waals surface area contributed by atoms with Crippen LogP contribution >= 0.6 is 0 Å². The van der Waals surface area contributed by atoms with Crippen molar-refractivity contribution in [1.82, 2.24) is 15.5 Å². The SMILES string of the molecule is COc1cccc(NC(=O)NC(c2ccccc2)c2nnc(-c3ccccc3)o2)c1. The molecular weight excluding hydrogens is 380 g/mol. The van der Waals surface area contributed by atoms with Gasteiger partial charge < -0.3 is 19.8 Å². The lowest BCUT2D eigenvalue weighted by Crippen LogP contribution is -2.33. The van der Waals surface area contributed by atoms with Crippen LogP contribution in [0.15, 0.2) is 89.3 Å². The Morgan fingerprint density at radius 2 is 1.67 bits per heavy atom. The molecule has 3 aromatic carbocycles. The molecule has 2 N–H and O–H groups in total. The van der Waals surface area contributed by atoms with E-state index >= 15 is 0 Å². The number of anilines is 1. The largest absolute Gasteiger partial charge is 0.497 e. The van der Waals surface area contributed by atoms with Gasteiger partial charge in [-0.15, -0.1) is 10.2 Å². The predicted octanol–water partition coefficient (Wildman–Crippen LogP) is 4.66. The molecule has 0 saturated carbocycles. The molecule has 1 unspecified atom stereocenters. The number of ether oxygens (including phenoxy) is 1. The van der Waals surface area contributed by atoms with E-state index in [0.717, 1.165) is 11.1 Å². The lowest BCUT2D eigenvalue weighted by molar-refractivity contribution is 0.248. The van der Waals surface area contributed by atoms with Crippen LogP contribution in [0, 0.1) is 0 Å². The van der Waals surface area contributed by atoms with Gasteiger partial charge in [-0.05, 0) is 29.8 Å². The third-order valence-corrected chi connectivity index (χ3v) is 4.44. The zero-order valence-electron chi connectivity index (χ0n) is 16.3. The zero-order chi connectivity index (χ0) is 20.8. The van der Waals surface area contributed by atoms with Crippen LogP contribution in [0.2, 0.25) is 0 Å². The summed E-state index contributed by atoms with van der Waals surface area (Å²) in [7, 11) is 1.57. The van der Waals surface area contributed by atoms with Crippen molar-refractivity contribution in [2.24, 2.45) is 0 Å². The number of nitrogens with zero attached hydrogens (tertiary/aromatic N) is 2. The topological polar surface area (TPSA) is 89.3 Å². The fourth-order valence-electron chi connectivity index (χ4n) is 2.98. The number of rotatable bonds is 6. The second kappa shape index (κ2) is 8.91. The summed E-state index contributed by atoms with van der Waals surface area (Å²) in [5.74, 6) is 1.33. The quantitative estimate of drug-likeness (QED) is 0.491. The van der Waals surface area contributed by atoms with Crippen LogP contribution in [0.25, 0.3) is 11.5 Å². The second-order valence-corrected chi connectivity index (χ2v) is 6.49. The number of nitrogens with one attached hydrogen (secondary N) is 2. The van der Waals surface area contributed by atoms with Crippen molar-refractivity contribution >= 4 is 11.7 Å². The molecule has 4 rings (SSSR count). The standard InChI is InChI=1S/C23H20N4O3/c1-29-19-14-8-13-18(15-19)24-23(28)25-20(16-9-4-2-5-10-16)22-27-26-21(30-22)17-11-6-3-7-12-17/h2-15,20H,1H3,(H2,24,25,28). The number of carbonyl (C=O) groups is 1. The highest BCUT2D eigenvalue weighted by Crippen LogP contribution is 2.25. The first-order valence-corrected chi connectivity index (χ1v) is 9.38. The number of aromatic nitrogens is 2. The summed E-state index contributed by atoms with van der Waals surface area (Å²) in [4.78, 5) is 12.7. The Balaban J connectivity index is 1.58. The van der Waals surface area contributed by atoms with Crippen molar-refractivity contribution in [2.45, 2.75) is 6.04 Å². The van der Waals surface area contributed by atoms with Gasteiger partial charge in [0.05, 0.1) is 7.11 Å². The number of methoxy groups -OCH3 is 1. The Morgan fingerprint density at radius 3 is 2.40 bits per heavy atom. The molecule has 0 aliphatic rings. The van der Waals surface area contributed by atoms with E-state index in [0.29, 0.717) is 23.2 Å². The average molecular weight is 400 g/mol. The minimum Gasteiger partial charge on any atom is -0.497 e. The molecule has 4 aromatic rings. The van der Waals surface area contributed by atoms with E-state index in [1.165, 1.54) is 0 Å². The number of carbonyl (C=O) groups excluding carboxylic acids is 1. The number of benzene rings is 3. The lowest BCUT2D eigenvalue weighted by Gasteiger charge is -2.16. The van der Waals surface area contributed by atoms with Crippen LogP contribution in [0.1, 0.15) is 17.5 Å². The first kappa shape index (κ1) is 19.2. The number of urea groups is 1. The first-order valence-electron chi connectivity index (χ1n) is 9.38. The molecule has 0 spiro atoms. The second-order valence-electron chi connectivity index (χ2n) is 6.49. The molecule has 2 amide bonds. The molecule has 0 bridgehead atoms. The van der Waals surface area contributed by atoms with Gasteiger partial charge in [-0.3, -0.25) is 0 Å². The lowest BCUT2D eigenvalue weighted by atomic mass is 10.1. The molecule has 0 saturated heterocycles. The van der Waals surface area contributed by atoms with Gasteiger partial charge in [-0.1, -0.05) is 54.6 Å². The highest BCUT2D eigenvalue weighted by Gasteiger charge is 2.23. The first-order chi connectivity index (χ1) is 14.7. The summed E-state index contributed by atoms with van der Waals surface area (Å²) in [6.07, 6.45) is 0. The van der Waals surface area contributed by atoms with E-state index in [1.807, 2.05) is 60.7 Å². The predicted molar refractivity (Wildman–Crippen MR) is 113 cm³/mol. The zero-order valence-corrected chi connectivity index (χ0v) is 16.3. The minimum absolute atomic E-state index is 0.292. The molecule has 1 heterocycles. The van der Waals surface area contributed by atoms with E-state index in [-0.39, 0.29) is 0 Å². The fourth-order valence-corrected chi connectivity index (χ4v) is 2.98. The number of hydrogen-bond donors (Lipinski definition) is 2. The Labute approximate surface area is 173 Å². The van der Waals surface area contributed by atoms with Crippen LogP contribution in [0.5, 0.6) is 5.75 Å². The van der Waals surface area contributed by atoms with Gasteiger partial charge in [0.2, 0.25) is 11.8 Å². The van der Waals surface area contributed by atoms with E-state index in [9.17, 15) is 4.79 Å². The Hall–Kier alpha value is -4.13. The molecule has 7 heteroatoms. The van der Waals surface area contributed by atoms with Gasteiger partial charge in [0, 0.05) is 17.3 Å². The molecule has 30 heavy (non-hydrogen) atoms. The smallest absolute Gasteiger partial charge is 0.320 e. The average Bonchev–Trinajstić information content (AvgIpc) is 3.29. The van der Waals surface area contributed by atoms with Gasteiger partial charge in [-0.25, -0.2) is 4.79 Å². The van der Waals surface area contributed by atoms with Crippen molar-refractivity contribution in [3.63, 3.8) is 0 Å². The molecule has 1 aromatic heterocycles. The highest BCUT2D eigenvalue weighted by molar-refractivity contribution is 5.89. The summed E-state index contributed by atoms with van der Waals surface area (Å²) in [5.41, 5.74) is 2.24. The Bertz CT molecular complexity index is 1110. The van der Waals surface area contributed by atoms with Gasteiger partial charge in [-0.2, -0.15) is 0 Å². The molecule has 0 radical (unpaired) electrons. The Morgan fingerprint density at radius 1 is 0.933 bits per heavy atom. The van der Waals surface area contributed by atoms with E-state index in [4.69, 9.17) is 9.15 Å². The Kier molecular flexibility index (Phi) is 5.70. The monoisotopic (exact) mass is 400 g/mol.